The molecule has 1 heterocycles. The monoisotopic (exact) mass is 390 g/mol. The summed E-state index contributed by atoms with van der Waals surface area (Å²) in [5.74, 6) is -0.666. The fraction of sp³-hybridized carbons (Fsp3) is 0.381. The number of nitrogens with one attached hydrogen (secondary N) is 2. The van der Waals surface area contributed by atoms with Gasteiger partial charge in [-0.15, -0.1) is 0 Å². The van der Waals surface area contributed by atoms with Crippen molar-refractivity contribution in [3.8, 4) is 11.5 Å². The Morgan fingerprint density at radius 2 is 1.89 bits per heavy atom. The van der Waals surface area contributed by atoms with Gasteiger partial charge in [0.05, 0.1) is 7.11 Å². The molecule has 3 rings (SSSR count). The van der Waals surface area contributed by atoms with E-state index < -0.39 is 29.0 Å². The van der Waals surface area contributed by atoms with Crippen LogP contribution in [0.5, 0.6) is 11.5 Å². The molecule has 1 atom stereocenters. The number of fused-ring (bicyclic) bond motifs is 1. The number of carbonyl (C=O) groups is 1. The molecule has 0 bridgehead atoms. The second kappa shape index (κ2) is 7.75. The predicted octanol–water partition coefficient (Wildman–Crippen LogP) is 3.93. The van der Waals surface area contributed by atoms with E-state index in [9.17, 15) is 13.6 Å². The third kappa shape index (κ3) is 4.09. The number of methoxy groups -OCH3 is 1. The highest BCUT2D eigenvalue weighted by Gasteiger charge is 2.28. The molecule has 2 aromatic carbocycles. The fourth-order valence-electron chi connectivity index (χ4n) is 3.29. The van der Waals surface area contributed by atoms with Gasteiger partial charge in [0.2, 0.25) is 5.91 Å². The standard InChI is InChI=1S/C21H24F2N2O3/c1-21(2,3)18-15(22)9-12(10-16(18)23)25-20(26)19-14-6-5-13(27-4)11-17(14)28-8-7-24-19/h5-6,9-11,19,24H,7-8H2,1-4H3,(H,25,26)/t19-/m1/s1. The largest absolute Gasteiger partial charge is 0.497 e. The average Bonchev–Trinajstić information content (AvgIpc) is 2.81. The number of halogens is 2. The molecule has 1 amide bonds. The normalized spacial score (nSPS) is 16.6. The van der Waals surface area contributed by atoms with Gasteiger partial charge in [-0.3, -0.25) is 10.1 Å². The lowest BCUT2D eigenvalue weighted by molar-refractivity contribution is -0.118. The number of benzene rings is 2. The lowest BCUT2D eigenvalue weighted by atomic mass is 9.86. The molecule has 0 aromatic heterocycles. The highest BCUT2D eigenvalue weighted by Crippen LogP contribution is 2.33. The van der Waals surface area contributed by atoms with E-state index in [0.29, 0.717) is 30.2 Å². The van der Waals surface area contributed by atoms with Crippen LogP contribution in [0.3, 0.4) is 0 Å². The van der Waals surface area contributed by atoms with Crippen molar-refractivity contribution in [3.63, 3.8) is 0 Å². The summed E-state index contributed by atoms with van der Waals surface area (Å²) in [6.45, 7) is 6.02. The summed E-state index contributed by atoms with van der Waals surface area (Å²) in [7, 11) is 1.55. The highest BCUT2D eigenvalue weighted by molar-refractivity contribution is 5.96. The maximum absolute atomic E-state index is 14.4. The van der Waals surface area contributed by atoms with Crippen LogP contribution in [-0.2, 0) is 10.2 Å². The van der Waals surface area contributed by atoms with Crippen LogP contribution in [0.2, 0.25) is 0 Å². The van der Waals surface area contributed by atoms with Crippen molar-refractivity contribution in [2.75, 3.05) is 25.6 Å². The third-order valence-corrected chi connectivity index (χ3v) is 4.56. The van der Waals surface area contributed by atoms with Gasteiger partial charge in [0, 0.05) is 29.4 Å². The van der Waals surface area contributed by atoms with E-state index in [1.54, 1.807) is 46.1 Å². The SMILES string of the molecule is COc1ccc2c(c1)OCCN[C@H]2C(=O)Nc1cc(F)c(C(C)(C)C)c(F)c1. The number of amides is 1. The Balaban J connectivity index is 1.88. The zero-order valence-electron chi connectivity index (χ0n) is 16.4. The van der Waals surface area contributed by atoms with E-state index >= 15 is 0 Å². The Kier molecular flexibility index (Phi) is 5.56. The van der Waals surface area contributed by atoms with Crippen molar-refractivity contribution in [2.45, 2.75) is 32.2 Å². The van der Waals surface area contributed by atoms with Gasteiger partial charge in [0.25, 0.3) is 0 Å². The summed E-state index contributed by atoms with van der Waals surface area (Å²) in [5.41, 5.74) is -0.00321. The number of hydrogen-bond donors (Lipinski definition) is 2. The van der Waals surface area contributed by atoms with E-state index in [1.807, 2.05) is 0 Å². The summed E-state index contributed by atoms with van der Waals surface area (Å²) in [5, 5.41) is 5.70. The van der Waals surface area contributed by atoms with Crippen LogP contribution < -0.4 is 20.1 Å². The first-order chi connectivity index (χ1) is 13.2. The van der Waals surface area contributed by atoms with Gasteiger partial charge in [-0.2, -0.15) is 0 Å². The molecule has 1 aliphatic heterocycles. The van der Waals surface area contributed by atoms with Crippen molar-refractivity contribution >= 4 is 11.6 Å². The van der Waals surface area contributed by atoms with E-state index in [2.05, 4.69) is 10.6 Å². The van der Waals surface area contributed by atoms with Crippen LogP contribution in [0.25, 0.3) is 0 Å². The molecule has 0 radical (unpaired) electrons. The van der Waals surface area contributed by atoms with Gasteiger partial charge in [-0.1, -0.05) is 20.8 Å². The molecule has 0 aliphatic carbocycles. The molecule has 0 saturated heterocycles. The maximum Gasteiger partial charge on any atom is 0.246 e. The van der Waals surface area contributed by atoms with Crippen molar-refractivity contribution in [1.82, 2.24) is 5.32 Å². The molecule has 2 N–H and O–H groups in total. The van der Waals surface area contributed by atoms with Gasteiger partial charge in [-0.05, 0) is 29.7 Å². The van der Waals surface area contributed by atoms with Crippen molar-refractivity contribution < 1.29 is 23.0 Å². The molecule has 7 heteroatoms. The molecule has 0 fully saturated rings. The fourth-order valence-corrected chi connectivity index (χ4v) is 3.29. The summed E-state index contributed by atoms with van der Waals surface area (Å²) in [4.78, 5) is 12.8. The molecule has 150 valence electrons. The number of rotatable bonds is 3. The summed E-state index contributed by atoms with van der Waals surface area (Å²) in [6.07, 6.45) is 0. The topological polar surface area (TPSA) is 59.6 Å². The predicted molar refractivity (Wildman–Crippen MR) is 103 cm³/mol. The maximum atomic E-state index is 14.4. The smallest absolute Gasteiger partial charge is 0.246 e. The Hall–Kier alpha value is -2.67. The van der Waals surface area contributed by atoms with Crippen LogP contribution in [0.15, 0.2) is 30.3 Å². The Labute approximate surface area is 163 Å². The van der Waals surface area contributed by atoms with Gasteiger partial charge < -0.3 is 14.8 Å². The summed E-state index contributed by atoms with van der Waals surface area (Å²) < 4.78 is 39.8. The Bertz CT molecular complexity index is 871. The minimum Gasteiger partial charge on any atom is -0.497 e. The van der Waals surface area contributed by atoms with E-state index in [-0.39, 0.29) is 11.3 Å². The van der Waals surface area contributed by atoms with Crippen molar-refractivity contribution in [3.05, 3.63) is 53.1 Å². The molecule has 0 unspecified atom stereocenters. The first kappa shape index (κ1) is 20.1. The Morgan fingerprint density at radius 1 is 1.21 bits per heavy atom. The second-order valence-corrected chi connectivity index (χ2v) is 7.69. The highest BCUT2D eigenvalue weighted by atomic mass is 19.1. The quantitative estimate of drug-likeness (QED) is 0.834. The minimum atomic E-state index is -0.725. The second-order valence-electron chi connectivity index (χ2n) is 7.69. The zero-order valence-corrected chi connectivity index (χ0v) is 16.4. The molecule has 5 nitrogen and oxygen atoms in total. The lowest BCUT2D eigenvalue weighted by Crippen LogP contribution is -2.33. The average molecular weight is 390 g/mol. The van der Waals surface area contributed by atoms with E-state index in [0.717, 1.165) is 12.1 Å². The molecular weight excluding hydrogens is 366 g/mol. The molecule has 0 saturated carbocycles. The summed E-state index contributed by atoms with van der Waals surface area (Å²) in [6, 6.07) is 6.73. The van der Waals surface area contributed by atoms with Crippen LogP contribution in [-0.4, -0.2) is 26.2 Å². The van der Waals surface area contributed by atoms with Gasteiger partial charge in [-0.25, -0.2) is 8.78 Å². The number of anilines is 1. The van der Waals surface area contributed by atoms with Gasteiger partial charge in [0.1, 0.15) is 35.8 Å². The molecule has 28 heavy (non-hydrogen) atoms. The van der Waals surface area contributed by atoms with Crippen molar-refractivity contribution in [1.29, 1.82) is 0 Å². The minimum absolute atomic E-state index is 0.0102. The zero-order chi connectivity index (χ0) is 20.5. The van der Waals surface area contributed by atoms with Crippen LogP contribution >= 0.6 is 0 Å². The van der Waals surface area contributed by atoms with E-state index in [4.69, 9.17) is 9.47 Å². The van der Waals surface area contributed by atoms with Gasteiger partial charge >= 0.3 is 0 Å². The van der Waals surface area contributed by atoms with Crippen molar-refractivity contribution in [2.24, 2.45) is 0 Å². The van der Waals surface area contributed by atoms with Crippen LogP contribution in [0, 0.1) is 11.6 Å². The Morgan fingerprint density at radius 3 is 2.50 bits per heavy atom. The van der Waals surface area contributed by atoms with Gasteiger partial charge in [0.15, 0.2) is 0 Å². The van der Waals surface area contributed by atoms with Crippen LogP contribution in [0.1, 0.15) is 37.9 Å². The third-order valence-electron chi connectivity index (χ3n) is 4.56. The number of ether oxygens (including phenoxy) is 2. The lowest BCUT2D eigenvalue weighted by Gasteiger charge is -2.22. The molecular formula is C21H24F2N2O3. The molecule has 1 aliphatic rings. The summed E-state index contributed by atoms with van der Waals surface area (Å²) >= 11 is 0. The number of hydrogen-bond acceptors (Lipinski definition) is 4. The van der Waals surface area contributed by atoms with E-state index in [1.165, 1.54) is 0 Å². The molecule has 0 spiro atoms. The number of carbonyl (C=O) groups excluding carboxylic acids is 1. The first-order valence-corrected chi connectivity index (χ1v) is 9.05. The first-order valence-electron chi connectivity index (χ1n) is 9.05. The van der Waals surface area contributed by atoms with Crippen LogP contribution in [0.4, 0.5) is 14.5 Å². The molecule has 2 aromatic rings.